The minimum absolute atomic E-state index is 0.0765. The van der Waals surface area contributed by atoms with Crippen molar-refractivity contribution in [1.29, 1.82) is 0 Å². The summed E-state index contributed by atoms with van der Waals surface area (Å²) in [5.74, 6) is -1.62. The first-order valence-corrected chi connectivity index (χ1v) is 11.4. The lowest BCUT2D eigenvalue weighted by Gasteiger charge is -2.29. The molecule has 0 aliphatic carbocycles. The molecular formula is C25H17Cl2FN2O4S. The van der Waals surface area contributed by atoms with Gasteiger partial charge >= 0.3 is 0 Å². The van der Waals surface area contributed by atoms with E-state index in [1.807, 2.05) is 18.2 Å². The second-order valence-electron chi connectivity index (χ2n) is 7.32. The lowest BCUT2D eigenvalue weighted by Crippen LogP contribution is -2.54. The van der Waals surface area contributed by atoms with E-state index in [4.69, 9.17) is 44.9 Å². The van der Waals surface area contributed by atoms with Gasteiger partial charge in [-0.25, -0.2) is 9.29 Å². The van der Waals surface area contributed by atoms with Crippen LogP contribution < -0.4 is 19.7 Å². The molecule has 1 aliphatic heterocycles. The van der Waals surface area contributed by atoms with Crippen molar-refractivity contribution in [3.63, 3.8) is 0 Å². The highest BCUT2D eigenvalue weighted by molar-refractivity contribution is 7.80. The molecule has 3 aromatic carbocycles. The molecule has 0 unspecified atom stereocenters. The number of carbonyl (C=O) groups is 2. The monoisotopic (exact) mass is 530 g/mol. The normalized spacial score (nSPS) is 14.8. The SMILES string of the molecule is COc1cc(/C=C2\C(=O)NC(=S)N(c3ccccc3F)C2=O)cc(Cl)c1OCc1ccccc1Cl. The maximum absolute atomic E-state index is 14.3. The molecule has 0 saturated carbocycles. The number of carbonyl (C=O) groups excluding carboxylic acids is 2. The van der Waals surface area contributed by atoms with E-state index in [0.29, 0.717) is 10.6 Å². The summed E-state index contributed by atoms with van der Waals surface area (Å²) in [5.41, 5.74) is 0.806. The fourth-order valence-corrected chi connectivity index (χ4v) is 4.14. The molecule has 4 rings (SSSR count). The van der Waals surface area contributed by atoms with Gasteiger partial charge in [0.1, 0.15) is 18.0 Å². The van der Waals surface area contributed by atoms with Gasteiger partial charge in [-0.1, -0.05) is 53.5 Å². The van der Waals surface area contributed by atoms with Gasteiger partial charge in [-0.3, -0.25) is 14.9 Å². The van der Waals surface area contributed by atoms with Crippen molar-refractivity contribution in [2.45, 2.75) is 6.61 Å². The number of anilines is 1. The fraction of sp³-hybridized carbons (Fsp3) is 0.0800. The van der Waals surface area contributed by atoms with E-state index >= 15 is 0 Å². The molecule has 10 heteroatoms. The molecule has 0 spiro atoms. The summed E-state index contributed by atoms with van der Waals surface area (Å²) in [6, 6.07) is 15.9. The topological polar surface area (TPSA) is 67.9 Å². The summed E-state index contributed by atoms with van der Waals surface area (Å²) in [6.45, 7) is 0.145. The van der Waals surface area contributed by atoms with Gasteiger partial charge in [0.25, 0.3) is 11.8 Å². The van der Waals surface area contributed by atoms with Crippen LogP contribution in [0.2, 0.25) is 10.0 Å². The number of rotatable bonds is 6. The molecule has 6 nitrogen and oxygen atoms in total. The largest absolute Gasteiger partial charge is 0.493 e. The maximum Gasteiger partial charge on any atom is 0.270 e. The Morgan fingerprint density at radius 1 is 1.06 bits per heavy atom. The average molecular weight is 531 g/mol. The van der Waals surface area contributed by atoms with Gasteiger partial charge in [0.2, 0.25) is 0 Å². The molecule has 0 aromatic heterocycles. The first-order valence-electron chi connectivity index (χ1n) is 10.2. The third-order valence-corrected chi connectivity index (χ3v) is 6.02. The number of nitrogens with zero attached hydrogens (tertiary/aromatic N) is 1. The molecular weight excluding hydrogens is 514 g/mol. The summed E-state index contributed by atoms with van der Waals surface area (Å²) in [6.07, 6.45) is 1.32. The van der Waals surface area contributed by atoms with Crippen molar-refractivity contribution in [2.24, 2.45) is 0 Å². The average Bonchev–Trinajstić information content (AvgIpc) is 2.83. The zero-order chi connectivity index (χ0) is 25.1. The lowest BCUT2D eigenvalue weighted by molar-refractivity contribution is -0.122. The molecule has 1 heterocycles. The van der Waals surface area contributed by atoms with E-state index in [9.17, 15) is 14.0 Å². The van der Waals surface area contributed by atoms with Gasteiger partial charge in [-0.05, 0) is 54.2 Å². The summed E-state index contributed by atoms with van der Waals surface area (Å²) in [7, 11) is 1.43. The molecule has 1 aliphatic rings. The van der Waals surface area contributed by atoms with Crippen molar-refractivity contribution in [1.82, 2.24) is 5.32 Å². The van der Waals surface area contributed by atoms with Crippen LogP contribution in [0.5, 0.6) is 11.5 Å². The number of amides is 2. The van der Waals surface area contributed by atoms with Gasteiger partial charge in [0.05, 0.1) is 17.8 Å². The van der Waals surface area contributed by atoms with Crippen LogP contribution in [-0.4, -0.2) is 24.0 Å². The van der Waals surface area contributed by atoms with Crippen LogP contribution in [0.25, 0.3) is 6.08 Å². The van der Waals surface area contributed by atoms with Crippen molar-refractivity contribution in [3.05, 3.63) is 93.2 Å². The third-order valence-electron chi connectivity index (χ3n) is 5.09. The standard InChI is InChI=1S/C25H17Cl2FN2O4S/c1-33-21-12-14(11-18(27)22(21)34-13-15-6-2-3-7-17(15)26)10-16-23(31)29-25(35)30(24(16)32)20-9-5-4-8-19(20)28/h2-12H,13H2,1H3,(H,29,31,35)/b16-10+. The highest BCUT2D eigenvalue weighted by atomic mass is 35.5. The Labute approximate surface area is 215 Å². The number of hydrogen-bond acceptors (Lipinski definition) is 5. The Morgan fingerprint density at radius 3 is 2.49 bits per heavy atom. The van der Waals surface area contributed by atoms with Crippen LogP contribution in [0.1, 0.15) is 11.1 Å². The number of nitrogens with one attached hydrogen (secondary N) is 1. The molecule has 178 valence electrons. The summed E-state index contributed by atoms with van der Waals surface area (Å²) < 4.78 is 25.6. The van der Waals surface area contributed by atoms with Crippen LogP contribution in [0.15, 0.2) is 66.2 Å². The Bertz CT molecular complexity index is 1380. The minimum Gasteiger partial charge on any atom is -0.493 e. The molecule has 35 heavy (non-hydrogen) atoms. The zero-order valence-electron chi connectivity index (χ0n) is 18.2. The maximum atomic E-state index is 14.3. The number of benzene rings is 3. The first kappa shape index (κ1) is 24.7. The Morgan fingerprint density at radius 2 is 1.77 bits per heavy atom. The van der Waals surface area contributed by atoms with Crippen molar-refractivity contribution in [2.75, 3.05) is 12.0 Å². The molecule has 3 aromatic rings. The van der Waals surface area contributed by atoms with Crippen molar-refractivity contribution >= 4 is 64.1 Å². The Hall–Kier alpha value is -3.46. The number of ether oxygens (including phenoxy) is 2. The van der Waals surface area contributed by atoms with E-state index in [1.165, 1.54) is 37.5 Å². The molecule has 0 atom stereocenters. The van der Waals surface area contributed by atoms with Gasteiger partial charge in [0, 0.05) is 10.6 Å². The fourth-order valence-electron chi connectivity index (χ4n) is 3.40. The van der Waals surface area contributed by atoms with Crippen LogP contribution >= 0.6 is 35.4 Å². The van der Waals surface area contributed by atoms with Crippen LogP contribution in [-0.2, 0) is 16.2 Å². The van der Waals surface area contributed by atoms with Crippen LogP contribution in [0.4, 0.5) is 10.1 Å². The second kappa shape index (κ2) is 10.4. The smallest absolute Gasteiger partial charge is 0.270 e. The van der Waals surface area contributed by atoms with Crippen molar-refractivity contribution < 1.29 is 23.5 Å². The van der Waals surface area contributed by atoms with E-state index in [2.05, 4.69) is 5.32 Å². The van der Waals surface area contributed by atoms with Gasteiger partial charge in [-0.2, -0.15) is 0 Å². The van der Waals surface area contributed by atoms with E-state index < -0.39 is 17.6 Å². The number of methoxy groups -OCH3 is 1. The molecule has 1 N–H and O–H groups in total. The molecule has 1 fully saturated rings. The van der Waals surface area contributed by atoms with Crippen LogP contribution in [0, 0.1) is 5.82 Å². The predicted molar refractivity (Wildman–Crippen MR) is 136 cm³/mol. The number of hydrogen-bond donors (Lipinski definition) is 1. The molecule has 1 saturated heterocycles. The van der Waals surface area contributed by atoms with Gasteiger partial charge in [-0.15, -0.1) is 0 Å². The zero-order valence-corrected chi connectivity index (χ0v) is 20.5. The number of halogens is 3. The predicted octanol–water partition coefficient (Wildman–Crippen LogP) is 5.55. The summed E-state index contributed by atoms with van der Waals surface area (Å²) >= 11 is 17.7. The Kier molecular flexibility index (Phi) is 7.35. The number of thiocarbonyl (C=S) groups is 1. The molecule has 2 amide bonds. The molecule has 0 bridgehead atoms. The van der Waals surface area contributed by atoms with Gasteiger partial charge in [0.15, 0.2) is 16.6 Å². The van der Waals surface area contributed by atoms with Crippen molar-refractivity contribution in [3.8, 4) is 11.5 Å². The van der Waals surface area contributed by atoms with E-state index in [-0.39, 0.29) is 39.5 Å². The van der Waals surface area contributed by atoms with E-state index in [1.54, 1.807) is 18.2 Å². The highest BCUT2D eigenvalue weighted by Gasteiger charge is 2.35. The first-order chi connectivity index (χ1) is 16.8. The molecule has 0 radical (unpaired) electrons. The van der Waals surface area contributed by atoms with E-state index in [0.717, 1.165) is 10.5 Å². The van der Waals surface area contributed by atoms with Gasteiger partial charge < -0.3 is 9.47 Å². The minimum atomic E-state index is -0.780. The third kappa shape index (κ3) is 5.14. The quantitative estimate of drug-likeness (QED) is 0.257. The Balaban J connectivity index is 1.66. The second-order valence-corrected chi connectivity index (χ2v) is 8.52. The lowest BCUT2D eigenvalue weighted by atomic mass is 10.1. The van der Waals surface area contributed by atoms with Crippen LogP contribution in [0.3, 0.4) is 0 Å². The number of para-hydroxylation sites is 1. The highest BCUT2D eigenvalue weighted by Crippen LogP contribution is 2.38. The summed E-state index contributed by atoms with van der Waals surface area (Å²) in [5, 5.41) is 2.93. The summed E-state index contributed by atoms with van der Waals surface area (Å²) in [4.78, 5) is 26.6.